The van der Waals surface area contributed by atoms with Gasteiger partial charge < -0.3 is 19.5 Å². The number of nitrogens with one attached hydrogen (secondary N) is 1. The van der Waals surface area contributed by atoms with Crippen LogP contribution in [0.1, 0.15) is 19.8 Å². The lowest BCUT2D eigenvalue weighted by atomic mass is 10.1. The SMILES string of the molecule is COC(OC)C(C)NCCC1CCOC1. The number of ether oxygens (including phenoxy) is 3. The van der Waals surface area contributed by atoms with Crippen LogP contribution >= 0.6 is 0 Å². The van der Waals surface area contributed by atoms with Crippen LogP contribution in [0.25, 0.3) is 0 Å². The molecule has 1 aliphatic rings. The van der Waals surface area contributed by atoms with E-state index in [1.54, 1.807) is 14.2 Å². The highest BCUT2D eigenvalue weighted by molar-refractivity contribution is 4.69. The first-order chi connectivity index (χ1) is 7.27. The molecule has 0 aromatic carbocycles. The summed E-state index contributed by atoms with van der Waals surface area (Å²) in [4.78, 5) is 0. The molecule has 1 heterocycles. The third-order valence-corrected chi connectivity index (χ3v) is 2.92. The molecule has 0 saturated carbocycles. The van der Waals surface area contributed by atoms with Gasteiger partial charge in [0.25, 0.3) is 0 Å². The molecule has 1 rings (SSSR count). The quantitative estimate of drug-likeness (QED) is 0.646. The van der Waals surface area contributed by atoms with Crippen LogP contribution in [0.15, 0.2) is 0 Å². The van der Waals surface area contributed by atoms with E-state index in [0.717, 1.165) is 25.7 Å². The molecule has 1 N–H and O–H groups in total. The third kappa shape index (κ3) is 4.47. The van der Waals surface area contributed by atoms with Gasteiger partial charge in [-0.25, -0.2) is 0 Å². The van der Waals surface area contributed by atoms with Gasteiger partial charge in [0.1, 0.15) is 0 Å². The lowest BCUT2D eigenvalue weighted by molar-refractivity contribution is -0.119. The van der Waals surface area contributed by atoms with Crippen molar-refractivity contribution in [2.75, 3.05) is 34.0 Å². The van der Waals surface area contributed by atoms with Crippen molar-refractivity contribution in [1.82, 2.24) is 5.32 Å². The predicted octanol–water partition coefficient (Wildman–Crippen LogP) is 1.01. The minimum absolute atomic E-state index is 0.162. The molecule has 4 heteroatoms. The Morgan fingerprint density at radius 1 is 1.40 bits per heavy atom. The summed E-state index contributed by atoms with van der Waals surface area (Å²) in [6, 6.07) is 0.224. The van der Waals surface area contributed by atoms with Gasteiger partial charge in [-0.3, -0.25) is 0 Å². The van der Waals surface area contributed by atoms with E-state index < -0.39 is 0 Å². The fourth-order valence-corrected chi connectivity index (χ4v) is 1.93. The van der Waals surface area contributed by atoms with Gasteiger partial charge in [-0.1, -0.05) is 0 Å². The van der Waals surface area contributed by atoms with E-state index in [9.17, 15) is 0 Å². The van der Waals surface area contributed by atoms with Crippen LogP contribution in [0.2, 0.25) is 0 Å². The highest BCUT2D eigenvalue weighted by atomic mass is 16.7. The van der Waals surface area contributed by atoms with Crippen LogP contribution in [0, 0.1) is 5.92 Å². The molecule has 0 radical (unpaired) electrons. The van der Waals surface area contributed by atoms with Crippen LogP contribution in [-0.4, -0.2) is 46.3 Å². The zero-order valence-corrected chi connectivity index (χ0v) is 9.99. The monoisotopic (exact) mass is 217 g/mol. The van der Waals surface area contributed by atoms with Gasteiger partial charge >= 0.3 is 0 Å². The summed E-state index contributed by atoms with van der Waals surface area (Å²) in [7, 11) is 3.33. The van der Waals surface area contributed by atoms with Crippen LogP contribution < -0.4 is 5.32 Å². The van der Waals surface area contributed by atoms with Crippen molar-refractivity contribution < 1.29 is 14.2 Å². The fraction of sp³-hybridized carbons (Fsp3) is 1.00. The summed E-state index contributed by atoms with van der Waals surface area (Å²) in [5, 5.41) is 3.41. The van der Waals surface area contributed by atoms with Crippen LogP contribution in [0.3, 0.4) is 0 Å². The van der Waals surface area contributed by atoms with Crippen molar-refractivity contribution in [2.24, 2.45) is 5.92 Å². The Bertz CT molecular complexity index is 156. The smallest absolute Gasteiger partial charge is 0.171 e. The zero-order valence-electron chi connectivity index (χ0n) is 9.99. The van der Waals surface area contributed by atoms with Crippen molar-refractivity contribution in [3.8, 4) is 0 Å². The van der Waals surface area contributed by atoms with Gasteiger partial charge in [-0.15, -0.1) is 0 Å². The summed E-state index contributed by atoms with van der Waals surface area (Å²) in [5.41, 5.74) is 0. The van der Waals surface area contributed by atoms with Gasteiger partial charge in [-0.2, -0.15) is 0 Å². The molecule has 4 nitrogen and oxygen atoms in total. The van der Waals surface area contributed by atoms with Gasteiger partial charge in [0.2, 0.25) is 0 Å². The Hall–Kier alpha value is -0.160. The standard InChI is InChI=1S/C11H23NO3/c1-9(11(13-2)14-3)12-6-4-10-5-7-15-8-10/h9-12H,4-8H2,1-3H3. The molecule has 2 atom stereocenters. The molecule has 15 heavy (non-hydrogen) atoms. The zero-order chi connectivity index (χ0) is 11.1. The Morgan fingerprint density at radius 3 is 2.67 bits per heavy atom. The second-order valence-electron chi connectivity index (χ2n) is 4.10. The first kappa shape index (κ1) is 12.9. The molecule has 0 bridgehead atoms. The Labute approximate surface area is 92.3 Å². The molecular formula is C11H23NO3. The highest BCUT2D eigenvalue weighted by Crippen LogP contribution is 2.15. The molecule has 2 unspecified atom stereocenters. The normalized spacial score (nSPS) is 23.6. The summed E-state index contributed by atoms with van der Waals surface area (Å²) < 4.78 is 15.7. The Balaban J connectivity index is 2.07. The molecule has 1 saturated heterocycles. The van der Waals surface area contributed by atoms with Crippen molar-refractivity contribution in [2.45, 2.75) is 32.1 Å². The Kier molecular flexibility index (Phi) is 6.17. The van der Waals surface area contributed by atoms with E-state index >= 15 is 0 Å². The van der Waals surface area contributed by atoms with Gasteiger partial charge in [0.15, 0.2) is 6.29 Å². The van der Waals surface area contributed by atoms with E-state index in [0.29, 0.717) is 0 Å². The maximum atomic E-state index is 5.33. The maximum Gasteiger partial charge on any atom is 0.171 e. The second kappa shape index (κ2) is 7.17. The first-order valence-electron chi connectivity index (χ1n) is 5.64. The van der Waals surface area contributed by atoms with Gasteiger partial charge in [-0.05, 0) is 32.2 Å². The van der Waals surface area contributed by atoms with E-state index in [2.05, 4.69) is 12.2 Å². The molecule has 1 fully saturated rings. The van der Waals surface area contributed by atoms with Gasteiger partial charge in [0, 0.05) is 27.4 Å². The lowest BCUT2D eigenvalue weighted by Gasteiger charge is -2.22. The number of hydrogen-bond acceptors (Lipinski definition) is 4. The summed E-state index contributed by atoms with van der Waals surface area (Å²) in [5.74, 6) is 0.730. The summed E-state index contributed by atoms with van der Waals surface area (Å²) in [6.07, 6.45) is 2.21. The van der Waals surface area contributed by atoms with E-state index in [4.69, 9.17) is 14.2 Å². The largest absolute Gasteiger partial charge is 0.381 e. The average Bonchev–Trinajstić information content (AvgIpc) is 2.72. The predicted molar refractivity (Wildman–Crippen MR) is 58.8 cm³/mol. The molecule has 0 aliphatic carbocycles. The van der Waals surface area contributed by atoms with Crippen molar-refractivity contribution in [3.05, 3.63) is 0 Å². The van der Waals surface area contributed by atoms with Crippen LogP contribution in [0.5, 0.6) is 0 Å². The van der Waals surface area contributed by atoms with Crippen LogP contribution in [-0.2, 0) is 14.2 Å². The molecule has 0 aromatic rings. The van der Waals surface area contributed by atoms with Gasteiger partial charge in [0.05, 0.1) is 6.04 Å². The number of methoxy groups -OCH3 is 2. The van der Waals surface area contributed by atoms with Crippen LogP contribution in [0.4, 0.5) is 0 Å². The number of rotatable bonds is 7. The third-order valence-electron chi connectivity index (χ3n) is 2.92. The van der Waals surface area contributed by atoms with Crippen molar-refractivity contribution >= 4 is 0 Å². The molecule has 1 aliphatic heterocycles. The average molecular weight is 217 g/mol. The topological polar surface area (TPSA) is 39.7 Å². The lowest BCUT2D eigenvalue weighted by Crippen LogP contribution is -2.40. The summed E-state index contributed by atoms with van der Waals surface area (Å²) >= 11 is 0. The minimum Gasteiger partial charge on any atom is -0.381 e. The van der Waals surface area contributed by atoms with E-state index in [1.807, 2.05) is 0 Å². The molecule has 0 amide bonds. The minimum atomic E-state index is -0.162. The van der Waals surface area contributed by atoms with E-state index in [1.165, 1.54) is 12.8 Å². The maximum absolute atomic E-state index is 5.33. The fourth-order valence-electron chi connectivity index (χ4n) is 1.93. The van der Waals surface area contributed by atoms with Crippen molar-refractivity contribution in [1.29, 1.82) is 0 Å². The first-order valence-corrected chi connectivity index (χ1v) is 5.64. The second-order valence-corrected chi connectivity index (χ2v) is 4.10. The summed E-state index contributed by atoms with van der Waals surface area (Å²) in [6.45, 7) is 4.92. The molecule has 0 aromatic heterocycles. The highest BCUT2D eigenvalue weighted by Gasteiger charge is 2.18. The number of hydrogen-bond donors (Lipinski definition) is 1. The Morgan fingerprint density at radius 2 is 2.13 bits per heavy atom. The molecule has 0 spiro atoms. The molecule has 90 valence electrons. The molecular weight excluding hydrogens is 194 g/mol. The van der Waals surface area contributed by atoms with E-state index in [-0.39, 0.29) is 12.3 Å². The van der Waals surface area contributed by atoms with Crippen molar-refractivity contribution in [3.63, 3.8) is 0 Å².